The second-order valence-corrected chi connectivity index (χ2v) is 3.45. The summed E-state index contributed by atoms with van der Waals surface area (Å²) in [6, 6.07) is 11.1. The number of ether oxygens (including phenoxy) is 2. The largest absolute Gasteiger partial charge is 0.497 e. The molecular weight excluding hydrogens is 216 g/mol. The van der Waals surface area contributed by atoms with Crippen LogP contribution in [-0.2, 0) is 6.54 Å². The number of rotatable bonds is 4. The standard InChI is InChI=1S/C13H14N2O2/c1-16-11-5-2-6-12(8-11)17-13-10(9-14)4-3-7-15-13/h2-8H,9,14H2,1H3. The molecule has 0 spiro atoms. The molecule has 4 heteroatoms. The molecule has 4 nitrogen and oxygen atoms in total. The summed E-state index contributed by atoms with van der Waals surface area (Å²) < 4.78 is 10.8. The number of nitrogens with two attached hydrogens (primary N) is 1. The summed E-state index contributed by atoms with van der Waals surface area (Å²) in [5.41, 5.74) is 6.49. The molecule has 0 bridgehead atoms. The number of benzene rings is 1. The monoisotopic (exact) mass is 230 g/mol. The Hall–Kier alpha value is -2.07. The molecule has 1 aromatic carbocycles. The van der Waals surface area contributed by atoms with E-state index in [1.165, 1.54) is 0 Å². The topological polar surface area (TPSA) is 57.4 Å². The van der Waals surface area contributed by atoms with Gasteiger partial charge < -0.3 is 15.2 Å². The summed E-state index contributed by atoms with van der Waals surface area (Å²) in [6.45, 7) is 0.396. The van der Waals surface area contributed by atoms with Crippen molar-refractivity contribution in [1.29, 1.82) is 0 Å². The van der Waals surface area contributed by atoms with Crippen LogP contribution in [0.25, 0.3) is 0 Å². The van der Waals surface area contributed by atoms with Crippen molar-refractivity contribution in [3.63, 3.8) is 0 Å². The molecule has 2 N–H and O–H groups in total. The third-order valence-corrected chi connectivity index (χ3v) is 2.33. The Morgan fingerprint density at radius 3 is 2.76 bits per heavy atom. The first-order chi connectivity index (χ1) is 8.33. The van der Waals surface area contributed by atoms with Gasteiger partial charge in [-0.2, -0.15) is 0 Å². The van der Waals surface area contributed by atoms with Crippen LogP contribution < -0.4 is 15.2 Å². The molecule has 0 fully saturated rings. The molecule has 1 aromatic heterocycles. The average molecular weight is 230 g/mol. The molecule has 2 aromatic rings. The number of nitrogens with zero attached hydrogens (tertiary/aromatic N) is 1. The Morgan fingerprint density at radius 1 is 1.18 bits per heavy atom. The summed E-state index contributed by atoms with van der Waals surface area (Å²) in [4.78, 5) is 4.16. The zero-order valence-corrected chi connectivity index (χ0v) is 9.59. The number of aromatic nitrogens is 1. The molecule has 0 amide bonds. The average Bonchev–Trinajstić information content (AvgIpc) is 2.39. The molecule has 0 atom stereocenters. The Morgan fingerprint density at radius 2 is 2.00 bits per heavy atom. The van der Waals surface area contributed by atoms with Crippen molar-refractivity contribution in [2.24, 2.45) is 5.73 Å². The maximum Gasteiger partial charge on any atom is 0.223 e. The van der Waals surface area contributed by atoms with Gasteiger partial charge in [-0.3, -0.25) is 0 Å². The Bertz CT molecular complexity index is 500. The van der Waals surface area contributed by atoms with Crippen molar-refractivity contribution in [1.82, 2.24) is 4.98 Å². The minimum absolute atomic E-state index is 0.396. The van der Waals surface area contributed by atoms with Gasteiger partial charge in [0.25, 0.3) is 0 Å². The molecule has 0 aliphatic carbocycles. The third-order valence-electron chi connectivity index (χ3n) is 2.33. The summed E-state index contributed by atoms with van der Waals surface area (Å²) in [5, 5.41) is 0. The Labute approximate surface area is 100 Å². The highest BCUT2D eigenvalue weighted by Crippen LogP contribution is 2.25. The lowest BCUT2D eigenvalue weighted by atomic mass is 10.2. The number of hydrogen-bond donors (Lipinski definition) is 1. The lowest BCUT2D eigenvalue weighted by Gasteiger charge is -2.09. The lowest BCUT2D eigenvalue weighted by Crippen LogP contribution is -2.00. The van der Waals surface area contributed by atoms with Crippen LogP contribution in [0.5, 0.6) is 17.4 Å². The van der Waals surface area contributed by atoms with Crippen LogP contribution in [0.1, 0.15) is 5.56 Å². The van der Waals surface area contributed by atoms with Crippen molar-refractivity contribution >= 4 is 0 Å². The van der Waals surface area contributed by atoms with Crippen molar-refractivity contribution in [2.75, 3.05) is 7.11 Å². The van der Waals surface area contributed by atoms with Gasteiger partial charge in [0.2, 0.25) is 5.88 Å². The van der Waals surface area contributed by atoms with Crippen LogP contribution in [0, 0.1) is 0 Å². The maximum absolute atomic E-state index is 5.67. The van der Waals surface area contributed by atoms with Gasteiger partial charge in [0.1, 0.15) is 11.5 Å². The number of pyridine rings is 1. The zero-order valence-electron chi connectivity index (χ0n) is 9.59. The van der Waals surface area contributed by atoms with Crippen molar-refractivity contribution < 1.29 is 9.47 Å². The summed E-state index contributed by atoms with van der Waals surface area (Å²) >= 11 is 0. The summed E-state index contributed by atoms with van der Waals surface area (Å²) in [6.07, 6.45) is 1.68. The molecular formula is C13H14N2O2. The van der Waals surface area contributed by atoms with E-state index >= 15 is 0 Å². The van der Waals surface area contributed by atoms with Gasteiger partial charge >= 0.3 is 0 Å². The predicted molar refractivity (Wildman–Crippen MR) is 65.2 cm³/mol. The van der Waals surface area contributed by atoms with Gasteiger partial charge in [-0.25, -0.2) is 4.98 Å². The molecule has 0 saturated carbocycles. The van der Waals surface area contributed by atoms with E-state index in [0.717, 1.165) is 11.3 Å². The van der Waals surface area contributed by atoms with E-state index in [1.807, 2.05) is 30.3 Å². The predicted octanol–water partition coefficient (Wildman–Crippen LogP) is 2.34. The van der Waals surface area contributed by atoms with Crippen LogP contribution in [0.15, 0.2) is 42.6 Å². The SMILES string of the molecule is COc1cccc(Oc2ncccc2CN)c1. The van der Waals surface area contributed by atoms with Gasteiger partial charge in [-0.05, 0) is 18.2 Å². The molecule has 88 valence electrons. The number of hydrogen-bond acceptors (Lipinski definition) is 4. The Kier molecular flexibility index (Phi) is 3.57. The van der Waals surface area contributed by atoms with Crippen molar-refractivity contribution in [3.8, 4) is 17.4 Å². The first kappa shape index (κ1) is 11.4. The van der Waals surface area contributed by atoms with Gasteiger partial charge in [0.15, 0.2) is 0 Å². The van der Waals surface area contributed by atoms with Crippen molar-refractivity contribution in [2.45, 2.75) is 6.54 Å². The Balaban J connectivity index is 2.24. The van der Waals surface area contributed by atoms with Crippen LogP contribution in [0.3, 0.4) is 0 Å². The quantitative estimate of drug-likeness (QED) is 0.875. The van der Waals surface area contributed by atoms with Gasteiger partial charge in [-0.15, -0.1) is 0 Å². The fraction of sp³-hybridized carbons (Fsp3) is 0.154. The lowest BCUT2D eigenvalue weighted by molar-refractivity contribution is 0.406. The molecule has 0 radical (unpaired) electrons. The molecule has 17 heavy (non-hydrogen) atoms. The van der Waals surface area contributed by atoms with Gasteiger partial charge in [0, 0.05) is 24.4 Å². The first-order valence-electron chi connectivity index (χ1n) is 5.29. The third kappa shape index (κ3) is 2.73. The first-order valence-corrected chi connectivity index (χ1v) is 5.29. The highest BCUT2D eigenvalue weighted by Gasteiger charge is 2.04. The van der Waals surface area contributed by atoms with E-state index in [9.17, 15) is 0 Å². The minimum atomic E-state index is 0.396. The molecule has 2 rings (SSSR count). The molecule has 0 saturated heterocycles. The maximum atomic E-state index is 5.67. The van der Waals surface area contributed by atoms with E-state index in [2.05, 4.69) is 4.98 Å². The molecule has 0 aliphatic heterocycles. The van der Waals surface area contributed by atoms with E-state index < -0.39 is 0 Å². The van der Waals surface area contributed by atoms with Gasteiger partial charge in [-0.1, -0.05) is 12.1 Å². The zero-order chi connectivity index (χ0) is 12.1. The highest BCUT2D eigenvalue weighted by molar-refractivity contribution is 5.37. The highest BCUT2D eigenvalue weighted by atomic mass is 16.5. The van der Waals surface area contributed by atoms with E-state index in [0.29, 0.717) is 18.2 Å². The second kappa shape index (κ2) is 5.32. The van der Waals surface area contributed by atoms with Crippen LogP contribution in [0.2, 0.25) is 0 Å². The summed E-state index contributed by atoms with van der Waals surface area (Å²) in [7, 11) is 1.62. The van der Waals surface area contributed by atoms with Crippen LogP contribution in [0.4, 0.5) is 0 Å². The van der Waals surface area contributed by atoms with E-state index in [4.69, 9.17) is 15.2 Å². The normalized spacial score (nSPS) is 10.0. The van der Waals surface area contributed by atoms with Crippen LogP contribution >= 0.6 is 0 Å². The van der Waals surface area contributed by atoms with Gasteiger partial charge in [0.05, 0.1) is 7.11 Å². The summed E-state index contributed by atoms with van der Waals surface area (Å²) in [5.74, 6) is 1.95. The molecule has 1 heterocycles. The minimum Gasteiger partial charge on any atom is -0.497 e. The fourth-order valence-electron chi connectivity index (χ4n) is 1.45. The number of methoxy groups -OCH3 is 1. The van der Waals surface area contributed by atoms with Crippen LogP contribution in [-0.4, -0.2) is 12.1 Å². The smallest absolute Gasteiger partial charge is 0.223 e. The molecule has 0 unspecified atom stereocenters. The van der Waals surface area contributed by atoms with E-state index in [-0.39, 0.29) is 0 Å². The van der Waals surface area contributed by atoms with E-state index in [1.54, 1.807) is 19.4 Å². The second-order valence-electron chi connectivity index (χ2n) is 3.45. The van der Waals surface area contributed by atoms with Crippen molar-refractivity contribution in [3.05, 3.63) is 48.2 Å². The molecule has 0 aliphatic rings. The fourth-order valence-corrected chi connectivity index (χ4v) is 1.45.